The Labute approximate surface area is 394 Å². The zero-order valence-electron chi connectivity index (χ0n) is 39.3. The van der Waals surface area contributed by atoms with Crippen molar-refractivity contribution in [2.45, 2.75) is 130 Å². The summed E-state index contributed by atoms with van der Waals surface area (Å²) in [5, 5.41) is 27.3. The third-order valence-corrected chi connectivity index (χ3v) is 9.95. The number of carbonyl (C=O) groups excluding carboxylic acids is 5. The summed E-state index contributed by atoms with van der Waals surface area (Å²) in [4.78, 5) is 79.3. The number of ether oxygens (including phenoxy) is 4. The van der Waals surface area contributed by atoms with E-state index in [9.17, 15) is 24.0 Å². The number of hydrogen-bond acceptors (Lipinski definition) is 18. The van der Waals surface area contributed by atoms with Crippen LogP contribution in [0.5, 0.6) is 0 Å². The molecule has 0 spiro atoms. The number of aromatic nitrogens is 8. The Morgan fingerprint density at radius 2 is 1.06 bits per heavy atom. The monoisotopic (exact) mass is 958 g/mol. The lowest BCUT2D eigenvalue weighted by molar-refractivity contribution is -0.158. The summed E-state index contributed by atoms with van der Waals surface area (Å²) in [6, 6.07) is 3.11. The van der Waals surface area contributed by atoms with Crippen LogP contribution in [0.1, 0.15) is 109 Å². The van der Waals surface area contributed by atoms with Crippen molar-refractivity contribution in [3.05, 3.63) is 69.1 Å². The van der Waals surface area contributed by atoms with Gasteiger partial charge in [0.05, 0.1) is 21.4 Å². The third kappa shape index (κ3) is 15.5. The van der Waals surface area contributed by atoms with E-state index in [-0.39, 0.29) is 24.2 Å². The van der Waals surface area contributed by atoms with Gasteiger partial charge in [-0.15, -0.1) is 22.7 Å². The van der Waals surface area contributed by atoms with Crippen molar-refractivity contribution in [1.29, 1.82) is 5.26 Å². The average molecular weight is 959 g/mol. The molecule has 0 saturated carbocycles. The second-order valence-electron chi connectivity index (χ2n) is 19.0. The van der Waals surface area contributed by atoms with Crippen LogP contribution in [-0.2, 0) is 41.4 Å². The molecule has 6 aromatic rings. The van der Waals surface area contributed by atoms with Gasteiger partial charge in [-0.2, -0.15) is 15.5 Å². The Morgan fingerprint density at radius 3 is 1.45 bits per heavy atom. The van der Waals surface area contributed by atoms with E-state index in [1.165, 1.54) is 37.8 Å². The molecule has 0 fully saturated rings. The summed E-state index contributed by atoms with van der Waals surface area (Å²) in [6.07, 6.45) is 5.46. The predicted molar refractivity (Wildman–Crippen MR) is 247 cm³/mol. The fraction of sp³-hybridized carbons (Fsp3) is 0.455. The lowest BCUT2D eigenvalue weighted by Crippen LogP contribution is -2.47. The van der Waals surface area contributed by atoms with Crippen LogP contribution in [0.3, 0.4) is 0 Å². The lowest BCUT2D eigenvalue weighted by atomic mass is 10.1. The molecular formula is C44H54N12O9S2. The van der Waals surface area contributed by atoms with E-state index >= 15 is 0 Å². The molecule has 4 N–H and O–H groups in total. The number of rotatable bonds is 11. The minimum atomic E-state index is -0.988. The summed E-state index contributed by atoms with van der Waals surface area (Å²) in [7, 11) is 0. The molecule has 67 heavy (non-hydrogen) atoms. The van der Waals surface area contributed by atoms with E-state index in [1.54, 1.807) is 119 Å². The van der Waals surface area contributed by atoms with Crippen molar-refractivity contribution in [1.82, 2.24) is 49.8 Å². The minimum absolute atomic E-state index is 0.108. The highest BCUT2D eigenvalue weighted by Crippen LogP contribution is 2.25. The Kier molecular flexibility index (Phi) is 15.4. The van der Waals surface area contributed by atoms with Crippen molar-refractivity contribution in [2.75, 3.05) is 0 Å². The van der Waals surface area contributed by atoms with Crippen molar-refractivity contribution < 1.29 is 42.9 Å². The summed E-state index contributed by atoms with van der Waals surface area (Å²) in [5.41, 5.74) is 6.41. The van der Waals surface area contributed by atoms with E-state index in [1.807, 2.05) is 11.4 Å². The first-order valence-corrected chi connectivity index (χ1v) is 22.5. The molecule has 0 radical (unpaired) electrons. The van der Waals surface area contributed by atoms with Crippen LogP contribution in [0.25, 0.3) is 33.8 Å². The van der Waals surface area contributed by atoms with Gasteiger partial charge < -0.3 is 35.3 Å². The normalized spacial score (nSPS) is 12.8. The maximum atomic E-state index is 12.8. The van der Waals surface area contributed by atoms with Gasteiger partial charge in [0.2, 0.25) is 0 Å². The molecule has 0 aliphatic carbocycles. The van der Waals surface area contributed by atoms with Gasteiger partial charge in [0.1, 0.15) is 40.6 Å². The number of carbonyl (C=O) groups is 5. The van der Waals surface area contributed by atoms with Crippen LogP contribution in [-0.4, -0.2) is 104 Å². The molecule has 0 aromatic carbocycles. The first-order chi connectivity index (χ1) is 31.0. The van der Waals surface area contributed by atoms with Crippen LogP contribution >= 0.6 is 22.7 Å². The summed E-state index contributed by atoms with van der Waals surface area (Å²) < 4.78 is 24.5. The van der Waals surface area contributed by atoms with Crippen LogP contribution in [0.4, 0.5) is 9.59 Å². The molecule has 23 heteroatoms. The topological polar surface area (TPSA) is 282 Å². The standard InChI is InChI=1S/C22H28N6O5S.C22H26N6O4S/c1-21(2,3)32-19(30)14(26-20(31)33-22(4,5)6)8-17-25-15(11-34-17)12-9-24-16-7-13(18(23)29)27-28(16)10-12;1-21(2,3)31-19(29)15(26-20(30)32-22(4,5)6)8-18-25-16(12-33-18)13-10-24-17-7-14(9-23)27-28(17)11-13/h7,9-11,14H,8H2,1-6H3,(H2,23,29)(H,26,31);7,10-12,15H,8H2,1-6H3,(H,26,30)/t14-;15-/m00/s1. The second kappa shape index (κ2) is 20.2. The van der Waals surface area contributed by atoms with Gasteiger partial charge >= 0.3 is 24.1 Å². The molecule has 0 aliphatic rings. The van der Waals surface area contributed by atoms with Gasteiger partial charge in [-0.05, 0) is 83.1 Å². The summed E-state index contributed by atoms with van der Waals surface area (Å²) in [6.45, 7) is 21.0. The lowest BCUT2D eigenvalue weighted by Gasteiger charge is -2.26. The van der Waals surface area contributed by atoms with Crippen molar-refractivity contribution in [3.8, 4) is 28.6 Å². The second-order valence-corrected chi connectivity index (χ2v) is 20.8. The van der Waals surface area contributed by atoms with E-state index in [0.29, 0.717) is 43.8 Å². The molecule has 0 bridgehead atoms. The maximum absolute atomic E-state index is 12.8. The smallest absolute Gasteiger partial charge is 0.408 e. The average Bonchev–Trinajstić information content (AvgIpc) is 4.00. The number of nitriles is 1. The summed E-state index contributed by atoms with van der Waals surface area (Å²) >= 11 is 2.66. The molecule has 6 heterocycles. The number of hydrogen-bond donors (Lipinski definition) is 3. The zero-order chi connectivity index (χ0) is 49.6. The number of nitrogens with two attached hydrogens (primary N) is 1. The van der Waals surface area contributed by atoms with E-state index in [2.05, 4.69) is 40.8 Å². The van der Waals surface area contributed by atoms with Crippen LogP contribution in [0.2, 0.25) is 0 Å². The fourth-order valence-corrected chi connectivity index (χ4v) is 7.35. The molecule has 0 saturated heterocycles. The largest absolute Gasteiger partial charge is 0.458 e. The SMILES string of the molecule is CC(C)(C)OC(=O)N[C@@H](Cc1nc(-c2cnc3cc(C#N)nn3c2)cs1)C(=O)OC(C)(C)C.CC(C)(C)OC(=O)N[C@@H](Cc1nc(-c2cnc3cc(C(N)=O)nn3c2)cs1)C(=O)OC(C)(C)C. The quantitative estimate of drug-likeness (QED) is 0.0958. The number of nitrogens with one attached hydrogen (secondary N) is 2. The molecule has 2 atom stereocenters. The number of amides is 3. The highest BCUT2D eigenvalue weighted by molar-refractivity contribution is 7.10. The highest BCUT2D eigenvalue weighted by Gasteiger charge is 2.32. The van der Waals surface area contributed by atoms with E-state index in [4.69, 9.17) is 29.9 Å². The molecule has 356 valence electrons. The van der Waals surface area contributed by atoms with Gasteiger partial charge in [0.15, 0.2) is 22.7 Å². The first kappa shape index (κ1) is 50.9. The van der Waals surface area contributed by atoms with Crippen molar-refractivity contribution in [2.24, 2.45) is 5.73 Å². The first-order valence-electron chi connectivity index (χ1n) is 20.8. The number of esters is 2. The maximum Gasteiger partial charge on any atom is 0.408 e. The minimum Gasteiger partial charge on any atom is -0.458 e. The number of nitrogens with zero attached hydrogens (tertiary/aromatic N) is 9. The van der Waals surface area contributed by atoms with E-state index < -0.39 is 64.5 Å². The predicted octanol–water partition coefficient (Wildman–Crippen LogP) is 6.23. The van der Waals surface area contributed by atoms with Crippen LogP contribution in [0, 0.1) is 11.3 Å². The summed E-state index contributed by atoms with van der Waals surface area (Å²) in [5.74, 6) is -1.81. The van der Waals surface area contributed by atoms with E-state index in [0.717, 1.165) is 0 Å². The molecule has 6 aromatic heterocycles. The highest BCUT2D eigenvalue weighted by atomic mass is 32.1. The number of alkyl carbamates (subject to hydrolysis) is 2. The number of primary amides is 1. The number of thiazole rings is 2. The molecule has 21 nitrogen and oxygen atoms in total. The van der Waals surface area contributed by atoms with Crippen molar-refractivity contribution >= 4 is 64.0 Å². The van der Waals surface area contributed by atoms with Gasteiger partial charge in [0.25, 0.3) is 5.91 Å². The zero-order valence-corrected chi connectivity index (χ0v) is 40.9. The number of fused-ring (bicyclic) bond motifs is 2. The Balaban J connectivity index is 0.000000251. The molecule has 0 unspecified atom stereocenters. The molecule has 0 aliphatic heterocycles. The Hall–Kier alpha value is -7.06. The van der Waals surface area contributed by atoms with Crippen LogP contribution < -0.4 is 16.4 Å². The van der Waals surface area contributed by atoms with Gasteiger partial charge in [-0.25, -0.2) is 48.1 Å². The van der Waals surface area contributed by atoms with Gasteiger partial charge in [-0.1, -0.05) is 0 Å². The molecule has 6 rings (SSSR count). The van der Waals surface area contributed by atoms with Gasteiger partial charge in [0, 0.05) is 71.6 Å². The Bertz CT molecular complexity index is 2810. The van der Waals surface area contributed by atoms with Crippen molar-refractivity contribution in [3.63, 3.8) is 0 Å². The molecular weight excluding hydrogens is 905 g/mol. The fourth-order valence-electron chi connectivity index (χ4n) is 5.65. The third-order valence-electron chi connectivity index (χ3n) is 8.21. The molecule has 3 amide bonds. The van der Waals surface area contributed by atoms with Gasteiger partial charge in [-0.3, -0.25) is 4.79 Å². The Morgan fingerprint density at radius 1 is 0.657 bits per heavy atom. The van der Waals surface area contributed by atoms with Crippen LogP contribution in [0.15, 0.2) is 47.7 Å².